The Bertz CT molecular complexity index is 457. The fourth-order valence-corrected chi connectivity index (χ4v) is 2.96. The van der Waals surface area contributed by atoms with E-state index in [1.807, 2.05) is 6.07 Å². The van der Waals surface area contributed by atoms with Crippen molar-refractivity contribution in [1.29, 1.82) is 0 Å². The van der Waals surface area contributed by atoms with Gasteiger partial charge in [0, 0.05) is 11.7 Å². The molecule has 2 rings (SSSR count). The second-order valence-electron chi connectivity index (χ2n) is 5.76. The number of nitrogens with one attached hydrogen (secondary N) is 2. The first-order chi connectivity index (χ1) is 10.1. The Balaban J connectivity index is 1.99. The van der Waals surface area contributed by atoms with Crippen molar-refractivity contribution >= 4 is 11.7 Å². The number of urea groups is 1. The molecule has 3 N–H and O–H groups in total. The third-order valence-electron chi connectivity index (χ3n) is 4.27. The molecule has 1 aromatic carbocycles. The summed E-state index contributed by atoms with van der Waals surface area (Å²) in [5.74, 6) is 0. The molecule has 1 aromatic rings. The number of hydrogen-bond donors (Lipinski definition) is 3. The van der Waals surface area contributed by atoms with Crippen LogP contribution < -0.4 is 10.6 Å². The molecular formula is C17H26N2O2. The smallest absolute Gasteiger partial charge is 0.319 e. The van der Waals surface area contributed by atoms with Crippen molar-refractivity contribution in [2.75, 3.05) is 5.32 Å². The van der Waals surface area contributed by atoms with Crippen molar-refractivity contribution in [1.82, 2.24) is 5.32 Å². The summed E-state index contributed by atoms with van der Waals surface area (Å²) in [5, 5.41) is 15.6. The zero-order chi connectivity index (χ0) is 15.2. The normalized spacial score (nSPS) is 21.9. The van der Waals surface area contributed by atoms with Gasteiger partial charge in [-0.2, -0.15) is 0 Å². The van der Waals surface area contributed by atoms with Crippen LogP contribution in [0.4, 0.5) is 10.5 Å². The fraction of sp³-hybridized carbons (Fsp3) is 0.588. The summed E-state index contributed by atoms with van der Waals surface area (Å²) < 4.78 is 0. The molecule has 0 atom stereocenters. The Hall–Kier alpha value is -1.55. The van der Waals surface area contributed by atoms with Gasteiger partial charge in [0.2, 0.25) is 0 Å². The first kappa shape index (κ1) is 15.8. The molecule has 0 bridgehead atoms. The largest absolute Gasteiger partial charge is 0.393 e. The molecule has 1 aliphatic rings. The fourth-order valence-electron chi connectivity index (χ4n) is 2.96. The molecule has 0 radical (unpaired) electrons. The van der Waals surface area contributed by atoms with Crippen LogP contribution in [0.2, 0.25) is 0 Å². The lowest BCUT2D eigenvalue weighted by Gasteiger charge is -2.26. The number of amides is 2. The Kier molecular flexibility index (Phi) is 5.62. The van der Waals surface area contributed by atoms with Gasteiger partial charge in [-0.3, -0.25) is 0 Å². The van der Waals surface area contributed by atoms with Crippen LogP contribution >= 0.6 is 0 Å². The van der Waals surface area contributed by atoms with Gasteiger partial charge in [0.25, 0.3) is 0 Å². The maximum Gasteiger partial charge on any atom is 0.319 e. The molecule has 1 aliphatic carbocycles. The second kappa shape index (κ2) is 7.46. The molecule has 0 spiro atoms. The summed E-state index contributed by atoms with van der Waals surface area (Å²) in [6.45, 7) is 4.20. The van der Waals surface area contributed by atoms with Gasteiger partial charge in [-0.15, -0.1) is 0 Å². The zero-order valence-electron chi connectivity index (χ0n) is 13.0. The lowest BCUT2D eigenvalue weighted by molar-refractivity contribution is 0.118. The number of aryl methyl sites for hydroxylation is 2. The van der Waals surface area contributed by atoms with Crippen molar-refractivity contribution in [2.45, 2.75) is 64.5 Å². The Morgan fingerprint density at radius 3 is 2.24 bits per heavy atom. The van der Waals surface area contributed by atoms with E-state index in [9.17, 15) is 9.90 Å². The van der Waals surface area contributed by atoms with Gasteiger partial charge in [-0.05, 0) is 49.7 Å². The maximum atomic E-state index is 12.2. The highest BCUT2D eigenvalue weighted by Gasteiger charge is 2.21. The van der Waals surface area contributed by atoms with Gasteiger partial charge < -0.3 is 15.7 Å². The molecule has 1 fully saturated rings. The molecule has 0 aliphatic heterocycles. The number of anilines is 1. The number of rotatable bonds is 4. The van der Waals surface area contributed by atoms with Crippen LogP contribution in [0, 0.1) is 0 Å². The van der Waals surface area contributed by atoms with Crippen molar-refractivity contribution < 1.29 is 9.90 Å². The molecular weight excluding hydrogens is 264 g/mol. The third-order valence-corrected chi connectivity index (χ3v) is 4.27. The first-order valence-corrected chi connectivity index (χ1v) is 8.00. The minimum atomic E-state index is -0.196. The van der Waals surface area contributed by atoms with Gasteiger partial charge in [0.15, 0.2) is 0 Å². The monoisotopic (exact) mass is 290 g/mol. The molecule has 4 nitrogen and oxygen atoms in total. The molecule has 116 valence electrons. The van der Waals surface area contributed by atoms with Crippen LogP contribution in [0.25, 0.3) is 0 Å². The lowest BCUT2D eigenvalue weighted by atomic mass is 9.93. The maximum absolute atomic E-state index is 12.2. The highest BCUT2D eigenvalue weighted by Crippen LogP contribution is 2.23. The topological polar surface area (TPSA) is 61.4 Å². The molecule has 1 saturated carbocycles. The van der Waals surface area contributed by atoms with E-state index in [4.69, 9.17) is 0 Å². The van der Waals surface area contributed by atoms with Gasteiger partial charge >= 0.3 is 6.03 Å². The third kappa shape index (κ3) is 4.21. The van der Waals surface area contributed by atoms with Crippen LogP contribution in [0.5, 0.6) is 0 Å². The summed E-state index contributed by atoms with van der Waals surface area (Å²) >= 11 is 0. The molecule has 2 amide bonds. The molecule has 21 heavy (non-hydrogen) atoms. The van der Waals surface area contributed by atoms with Crippen LogP contribution in [-0.2, 0) is 12.8 Å². The molecule has 0 heterocycles. The van der Waals surface area contributed by atoms with Gasteiger partial charge in [-0.25, -0.2) is 4.79 Å². The van der Waals surface area contributed by atoms with Crippen LogP contribution in [0.3, 0.4) is 0 Å². The molecule has 0 saturated heterocycles. The lowest BCUT2D eigenvalue weighted by Crippen LogP contribution is -2.41. The van der Waals surface area contributed by atoms with Crippen molar-refractivity contribution in [3.05, 3.63) is 29.3 Å². The van der Waals surface area contributed by atoms with Crippen LogP contribution in [0.1, 0.15) is 50.7 Å². The molecule has 0 unspecified atom stereocenters. The average Bonchev–Trinajstić information content (AvgIpc) is 2.49. The zero-order valence-corrected chi connectivity index (χ0v) is 13.0. The summed E-state index contributed by atoms with van der Waals surface area (Å²) in [6, 6.07) is 6.21. The quantitative estimate of drug-likeness (QED) is 0.797. The number of carbonyl (C=O) groups is 1. The van der Waals surface area contributed by atoms with E-state index in [0.29, 0.717) is 0 Å². The SMILES string of the molecule is CCc1cccc(CC)c1NC(=O)NC1CCC(O)CC1. The summed E-state index contributed by atoms with van der Waals surface area (Å²) in [6.07, 6.45) is 4.86. The average molecular weight is 290 g/mol. The number of para-hydroxylation sites is 1. The van der Waals surface area contributed by atoms with Crippen LogP contribution in [-0.4, -0.2) is 23.3 Å². The van der Waals surface area contributed by atoms with Crippen molar-refractivity contribution in [3.8, 4) is 0 Å². The Labute approximate surface area is 126 Å². The van der Waals surface area contributed by atoms with Gasteiger partial charge in [0.1, 0.15) is 0 Å². The van der Waals surface area contributed by atoms with E-state index in [1.165, 1.54) is 11.1 Å². The van der Waals surface area contributed by atoms with E-state index in [0.717, 1.165) is 44.2 Å². The Morgan fingerprint density at radius 2 is 1.71 bits per heavy atom. The van der Waals surface area contributed by atoms with E-state index in [1.54, 1.807) is 0 Å². The number of hydrogen-bond acceptors (Lipinski definition) is 2. The number of carbonyl (C=O) groups excluding carboxylic acids is 1. The Morgan fingerprint density at radius 1 is 1.14 bits per heavy atom. The first-order valence-electron chi connectivity index (χ1n) is 8.00. The van der Waals surface area contributed by atoms with Gasteiger partial charge in [0.05, 0.1) is 6.10 Å². The minimum Gasteiger partial charge on any atom is -0.393 e. The number of aliphatic hydroxyl groups excluding tert-OH is 1. The van der Waals surface area contributed by atoms with E-state index >= 15 is 0 Å². The standard InChI is InChI=1S/C17H26N2O2/c1-3-12-6-5-7-13(4-2)16(12)19-17(21)18-14-8-10-15(20)11-9-14/h5-7,14-15,20H,3-4,8-11H2,1-2H3,(H2,18,19,21). The van der Waals surface area contributed by atoms with Crippen molar-refractivity contribution in [2.24, 2.45) is 0 Å². The predicted octanol–water partition coefficient (Wildman–Crippen LogP) is 3.24. The van der Waals surface area contributed by atoms with Gasteiger partial charge in [-0.1, -0.05) is 32.0 Å². The molecule has 4 heteroatoms. The highest BCUT2D eigenvalue weighted by atomic mass is 16.3. The molecule has 0 aromatic heterocycles. The predicted molar refractivity (Wildman–Crippen MR) is 85.6 cm³/mol. The summed E-state index contributed by atoms with van der Waals surface area (Å²) in [5.41, 5.74) is 3.29. The van der Waals surface area contributed by atoms with E-state index in [-0.39, 0.29) is 18.2 Å². The van der Waals surface area contributed by atoms with Crippen molar-refractivity contribution in [3.63, 3.8) is 0 Å². The number of benzene rings is 1. The summed E-state index contributed by atoms with van der Waals surface area (Å²) in [7, 11) is 0. The minimum absolute atomic E-state index is 0.132. The number of aliphatic hydroxyl groups is 1. The summed E-state index contributed by atoms with van der Waals surface area (Å²) in [4.78, 5) is 12.2. The van der Waals surface area contributed by atoms with E-state index in [2.05, 4.69) is 36.6 Å². The van der Waals surface area contributed by atoms with Crippen LogP contribution in [0.15, 0.2) is 18.2 Å². The second-order valence-corrected chi connectivity index (χ2v) is 5.76. The van der Waals surface area contributed by atoms with E-state index < -0.39 is 0 Å². The highest BCUT2D eigenvalue weighted by molar-refractivity contribution is 5.91.